The van der Waals surface area contributed by atoms with Crippen LogP contribution in [0, 0.1) is 0 Å². The molecule has 2 aliphatic heterocycles. The second-order valence-electron chi connectivity index (χ2n) is 7.24. The van der Waals surface area contributed by atoms with Crippen LogP contribution in [0.5, 0.6) is 0 Å². The quantitative estimate of drug-likeness (QED) is 0.445. The number of rotatable bonds is 12. The molecule has 0 bridgehead atoms. The van der Waals surface area contributed by atoms with E-state index in [1.54, 1.807) is 0 Å². The lowest BCUT2D eigenvalue weighted by Gasteiger charge is -2.36. The highest BCUT2D eigenvalue weighted by molar-refractivity contribution is 8.13. The minimum Gasteiger partial charge on any atom is -0.462 e. The van der Waals surface area contributed by atoms with E-state index < -0.39 is 30.6 Å². The fraction of sp³-hybridized carbons (Fsp3) is 0.947. The van der Waals surface area contributed by atoms with E-state index in [2.05, 4.69) is 11.9 Å². The van der Waals surface area contributed by atoms with E-state index >= 15 is 0 Å². The van der Waals surface area contributed by atoms with Crippen molar-refractivity contribution in [1.82, 2.24) is 0 Å². The van der Waals surface area contributed by atoms with Crippen molar-refractivity contribution in [2.45, 2.75) is 102 Å². The molecule has 2 aliphatic rings. The van der Waals surface area contributed by atoms with Gasteiger partial charge in [0.05, 0.1) is 6.61 Å². The molecule has 5 atom stereocenters. The maximum absolute atomic E-state index is 10.1. The molecule has 0 aromatic carbocycles. The molecule has 0 saturated carbocycles. The molecule has 1 fully saturated rings. The topological polar surface area (TPSA) is 91.5 Å². The number of nitrogens with zero attached hydrogens (tertiary/aromatic N) is 1. The number of thioether (sulfide) groups is 1. The molecular weight excluding hydrogens is 354 g/mol. The van der Waals surface area contributed by atoms with Crippen LogP contribution in [0.3, 0.4) is 0 Å². The molecule has 6 nitrogen and oxygen atoms in total. The zero-order valence-corrected chi connectivity index (χ0v) is 16.7. The first-order chi connectivity index (χ1) is 12.7. The van der Waals surface area contributed by atoms with Gasteiger partial charge in [-0.3, -0.25) is 0 Å². The van der Waals surface area contributed by atoms with Crippen LogP contribution in [-0.2, 0) is 9.47 Å². The smallest absolute Gasteiger partial charge is 0.249 e. The summed E-state index contributed by atoms with van der Waals surface area (Å²) in [7, 11) is 0. The van der Waals surface area contributed by atoms with Crippen LogP contribution in [0.4, 0.5) is 0 Å². The van der Waals surface area contributed by atoms with Gasteiger partial charge in [-0.15, -0.1) is 0 Å². The Morgan fingerprint density at radius 1 is 0.923 bits per heavy atom. The Hall–Kier alpha value is -0.340. The van der Waals surface area contributed by atoms with E-state index in [0.717, 1.165) is 12.2 Å². The third-order valence-corrected chi connectivity index (χ3v) is 5.98. The van der Waals surface area contributed by atoms with Gasteiger partial charge in [0, 0.05) is 5.75 Å². The number of aliphatic imine (C=N–C) groups is 1. The molecule has 2 heterocycles. The van der Waals surface area contributed by atoms with Gasteiger partial charge in [0.2, 0.25) is 5.23 Å². The highest BCUT2D eigenvalue weighted by Crippen LogP contribution is 2.31. The van der Waals surface area contributed by atoms with E-state index in [0.29, 0.717) is 5.23 Å². The van der Waals surface area contributed by atoms with Crippen molar-refractivity contribution >= 4 is 17.0 Å². The number of aliphatic hydroxyl groups is 3. The number of unbranched alkanes of at least 4 members (excludes halogenated alkanes) is 9. The van der Waals surface area contributed by atoms with Crippen LogP contribution in [-0.4, -0.2) is 63.6 Å². The summed E-state index contributed by atoms with van der Waals surface area (Å²) in [5.74, 6) is 0.927. The minimum atomic E-state index is -1.15. The van der Waals surface area contributed by atoms with E-state index in [-0.39, 0.29) is 6.61 Å². The Morgan fingerprint density at radius 2 is 1.54 bits per heavy atom. The lowest BCUT2D eigenvalue weighted by molar-refractivity contribution is -0.213. The standard InChI is InChI=1S/C19H35NO5S/c1-2-3-4-5-6-7-8-9-10-11-12-26-19-20-18-17(25-19)16(23)15(22)14(13-21)24-18/h14-18,21-23H,2-13H2,1H3/t14-,15-,16+,17-,18+/m1/s1. The van der Waals surface area contributed by atoms with Gasteiger partial charge in [-0.25, -0.2) is 4.99 Å². The Bertz CT molecular complexity index is 423. The minimum absolute atomic E-state index is 0.349. The zero-order chi connectivity index (χ0) is 18.8. The van der Waals surface area contributed by atoms with E-state index in [1.165, 1.54) is 69.5 Å². The molecule has 152 valence electrons. The van der Waals surface area contributed by atoms with E-state index in [9.17, 15) is 15.3 Å². The van der Waals surface area contributed by atoms with Gasteiger partial charge in [0.15, 0.2) is 12.3 Å². The van der Waals surface area contributed by atoms with Gasteiger partial charge in [-0.2, -0.15) is 0 Å². The van der Waals surface area contributed by atoms with Gasteiger partial charge in [-0.1, -0.05) is 76.5 Å². The molecule has 2 rings (SSSR count). The average molecular weight is 390 g/mol. The van der Waals surface area contributed by atoms with Crippen molar-refractivity contribution in [2.24, 2.45) is 4.99 Å². The summed E-state index contributed by atoms with van der Waals surface area (Å²) in [6, 6.07) is 0. The van der Waals surface area contributed by atoms with Crippen LogP contribution in [0.15, 0.2) is 4.99 Å². The van der Waals surface area contributed by atoms with Crippen molar-refractivity contribution in [3.8, 4) is 0 Å². The molecule has 0 aromatic heterocycles. The molecule has 0 unspecified atom stereocenters. The summed E-state index contributed by atoms with van der Waals surface area (Å²) in [5.41, 5.74) is 0. The van der Waals surface area contributed by atoms with Gasteiger partial charge in [-0.05, 0) is 6.42 Å². The maximum Gasteiger partial charge on any atom is 0.249 e. The molecule has 0 aliphatic carbocycles. The summed E-state index contributed by atoms with van der Waals surface area (Å²) in [6.07, 6.45) is 8.70. The summed E-state index contributed by atoms with van der Waals surface area (Å²) in [4.78, 5) is 4.33. The van der Waals surface area contributed by atoms with Crippen LogP contribution in [0.2, 0.25) is 0 Å². The van der Waals surface area contributed by atoms with Gasteiger partial charge in [0.1, 0.15) is 18.3 Å². The Labute approximate surface area is 161 Å². The molecule has 0 radical (unpaired) electrons. The molecule has 0 aromatic rings. The summed E-state index contributed by atoms with van der Waals surface area (Å²) >= 11 is 1.53. The van der Waals surface area contributed by atoms with Crippen molar-refractivity contribution < 1.29 is 24.8 Å². The summed E-state index contributed by atoms with van der Waals surface area (Å²) in [6.45, 7) is 1.90. The first kappa shape index (κ1) is 22.0. The molecule has 1 saturated heterocycles. The fourth-order valence-corrected chi connectivity index (χ4v) is 4.25. The lowest BCUT2D eigenvalue weighted by atomic mass is 9.99. The Kier molecular flexibility index (Phi) is 10.3. The predicted octanol–water partition coefficient (Wildman–Crippen LogP) is 2.83. The molecular formula is C19H35NO5S. The normalized spacial score (nSPS) is 30.8. The van der Waals surface area contributed by atoms with Crippen LogP contribution >= 0.6 is 11.8 Å². The number of fused-ring (bicyclic) bond motifs is 1. The van der Waals surface area contributed by atoms with Crippen LogP contribution < -0.4 is 0 Å². The Balaban J connectivity index is 1.52. The molecule has 3 N–H and O–H groups in total. The van der Waals surface area contributed by atoms with Crippen molar-refractivity contribution in [3.05, 3.63) is 0 Å². The maximum atomic E-state index is 10.1. The van der Waals surface area contributed by atoms with Gasteiger partial charge < -0.3 is 24.8 Å². The first-order valence-electron chi connectivity index (χ1n) is 10.2. The van der Waals surface area contributed by atoms with Gasteiger partial charge >= 0.3 is 0 Å². The molecule has 26 heavy (non-hydrogen) atoms. The average Bonchev–Trinajstić information content (AvgIpc) is 3.05. The summed E-state index contributed by atoms with van der Waals surface area (Å²) < 4.78 is 11.1. The zero-order valence-electron chi connectivity index (χ0n) is 15.9. The monoisotopic (exact) mass is 389 g/mol. The van der Waals surface area contributed by atoms with Crippen molar-refractivity contribution in [1.29, 1.82) is 0 Å². The number of hydrogen-bond donors (Lipinski definition) is 3. The largest absolute Gasteiger partial charge is 0.462 e. The highest BCUT2D eigenvalue weighted by atomic mass is 32.2. The van der Waals surface area contributed by atoms with Crippen LogP contribution in [0.1, 0.15) is 71.1 Å². The predicted molar refractivity (Wildman–Crippen MR) is 104 cm³/mol. The van der Waals surface area contributed by atoms with E-state index in [1.807, 2.05) is 0 Å². The fourth-order valence-electron chi connectivity index (χ4n) is 3.37. The molecule has 0 amide bonds. The van der Waals surface area contributed by atoms with Crippen molar-refractivity contribution in [2.75, 3.05) is 12.4 Å². The SMILES string of the molecule is CCCCCCCCCCCCSC1=N[C@H]2O[C@H](CO)[C@@H](O)[C@H](O)[C@H]2O1. The highest BCUT2D eigenvalue weighted by Gasteiger charge is 2.49. The third kappa shape index (κ3) is 6.68. The summed E-state index contributed by atoms with van der Waals surface area (Å²) in [5, 5.41) is 29.7. The molecule has 7 heteroatoms. The second kappa shape index (κ2) is 12.2. The number of ether oxygens (including phenoxy) is 2. The van der Waals surface area contributed by atoms with E-state index in [4.69, 9.17) is 9.47 Å². The van der Waals surface area contributed by atoms with Crippen molar-refractivity contribution in [3.63, 3.8) is 0 Å². The number of aliphatic hydroxyl groups excluding tert-OH is 3. The first-order valence-corrected chi connectivity index (χ1v) is 11.2. The third-order valence-electron chi connectivity index (χ3n) is 5.04. The Morgan fingerprint density at radius 3 is 2.15 bits per heavy atom. The molecule has 0 spiro atoms. The lowest BCUT2D eigenvalue weighted by Crippen LogP contribution is -2.57. The van der Waals surface area contributed by atoms with Gasteiger partial charge in [0.25, 0.3) is 0 Å². The second-order valence-corrected chi connectivity index (χ2v) is 8.28. The van der Waals surface area contributed by atoms with Crippen LogP contribution in [0.25, 0.3) is 0 Å². The number of hydrogen-bond acceptors (Lipinski definition) is 7.